The third-order valence-electron chi connectivity index (χ3n) is 5.22. The van der Waals surface area contributed by atoms with Crippen molar-refractivity contribution in [1.29, 1.82) is 0 Å². The standard InChI is InChI=1S/C25H28N2O5S/c1-18(20-12-8-5-9-13-20)26-25(28)22(16-19-10-6-4-7-11-19)27-33(29,30)21-14-15-23(31-2)24(17-21)32-3/h4-15,17-18,22,27H,16H2,1-3H3,(H,26,28)/t18-,22+/m0/s1. The van der Waals surface area contributed by atoms with Crippen molar-refractivity contribution in [1.82, 2.24) is 10.0 Å². The molecule has 2 N–H and O–H groups in total. The Balaban J connectivity index is 1.86. The van der Waals surface area contributed by atoms with E-state index in [4.69, 9.17) is 9.47 Å². The molecule has 0 aromatic heterocycles. The highest BCUT2D eigenvalue weighted by molar-refractivity contribution is 7.89. The molecule has 0 saturated heterocycles. The van der Waals surface area contributed by atoms with Gasteiger partial charge < -0.3 is 14.8 Å². The summed E-state index contributed by atoms with van der Waals surface area (Å²) in [5.41, 5.74) is 1.76. The first-order chi connectivity index (χ1) is 15.8. The van der Waals surface area contributed by atoms with Crippen LogP contribution in [0.2, 0.25) is 0 Å². The molecule has 3 aromatic rings. The first kappa shape index (κ1) is 24.3. The Morgan fingerprint density at radius 1 is 0.879 bits per heavy atom. The Morgan fingerprint density at radius 3 is 2.09 bits per heavy atom. The predicted octanol–water partition coefficient (Wildman–Crippen LogP) is 3.47. The van der Waals surface area contributed by atoms with Crippen LogP contribution in [0.4, 0.5) is 0 Å². The molecule has 0 radical (unpaired) electrons. The van der Waals surface area contributed by atoms with Crippen molar-refractivity contribution >= 4 is 15.9 Å². The normalized spacial score (nSPS) is 13.1. The van der Waals surface area contributed by atoms with E-state index in [1.807, 2.05) is 67.6 Å². The van der Waals surface area contributed by atoms with Crippen molar-refractivity contribution in [3.63, 3.8) is 0 Å². The minimum atomic E-state index is -4.03. The average Bonchev–Trinajstić information content (AvgIpc) is 2.84. The molecular weight excluding hydrogens is 440 g/mol. The summed E-state index contributed by atoms with van der Waals surface area (Å²) in [6.07, 6.45) is 0.195. The lowest BCUT2D eigenvalue weighted by atomic mass is 10.0. The van der Waals surface area contributed by atoms with Crippen LogP contribution in [0.3, 0.4) is 0 Å². The molecule has 7 nitrogen and oxygen atoms in total. The lowest BCUT2D eigenvalue weighted by Crippen LogP contribution is -2.48. The molecule has 1 amide bonds. The van der Waals surface area contributed by atoms with Gasteiger partial charge in [0.1, 0.15) is 6.04 Å². The predicted molar refractivity (Wildman–Crippen MR) is 127 cm³/mol. The number of carbonyl (C=O) groups excluding carboxylic acids is 1. The van der Waals surface area contributed by atoms with E-state index in [2.05, 4.69) is 10.0 Å². The monoisotopic (exact) mass is 468 g/mol. The van der Waals surface area contributed by atoms with Gasteiger partial charge in [-0.15, -0.1) is 0 Å². The maximum Gasteiger partial charge on any atom is 0.241 e. The smallest absolute Gasteiger partial charge is 0.241 e. The fourth-order valence-electron chi connectivity index (χ4n) is 3.42. The van der Waals surface area contributed by atoms with Crippen LogP contribution in [-0.2, 0) is 21.2 Å². The van der Waals surface area contributed by atoms with Crippen LogP contribution < -0.4 is 19.5 Å². The molecule has 2 atom stereocenters. The van der Waals surface area contributed by atoms with E-state index in [0.717, 1.165) is 11.1 Å². The zero-order valence-corrected chi connectivity index (χ0v) is 19.6. The van der Waals surface area contributed by atoms with Gasteiger partial charge in [-0.2, -0.15) is 4.72 Å². The molecule has 33 heavy (non-hydrogen) atoms. The molecule has 0 heterocycles. The van der Waals surface area contributed by atoms with Crippen LogP contribution in [0.5, 0.6) is 11.5 Å². The van der Waals surface area contributed by atoms with Crippen molar-refractivity contribution in [3.05, 3.63) is 90.0 Å². The Kier molecular flexibility index (Phi) is 8.08. The van der Waals surface area contributed by atoms with E-state index < -0.39 is 22.0 Å². The molecule has 0 unspecified atom stereocenters. The number of methoxy groups -OCH3 is 2. The molecule has 0 aliphatic heterocycles. The number of hydrogen-bond donors (Lipinski definition) is 2. The number of benzene rings is 3. The fraction of sp³-hybridized carbons (Fsp3) is 0.240. The minimum absolute atomic E-state index is 0.0258. The number of hydrogen-bond acceptors (Lipinski definition) is 5. The number of carbonyl (C=O) groups is 1. The Labute approximate surface area is 194 Å². The maximum atomic E-state index is 13.2. The van der Waals surface area contributed by atoms with Gasteiger partial charge in [0.05, 0.1) is 25.2 Å². The Morgan fingerprint density at radius 2 is 1.48 bits per heavy atom. The molecule has 0 aliphatic rings. The summed E-state index contributed by atoms with van der Waals surface area (Å²) in [5, 5.41) is 2.92. The molecule has 3 aromatic carbocycles. The molecule has 174 valence electrons. The molecule has 8 heteroatoms. The Bertz CT molecular complexity index is 1170. The largest absolute Gasteiger partial charge is 0.493 e. The first-order valence-corrected chi connectivity index (χ1v) is 12.0. The fourth-order valence-corrected chi connectivity index (χ4v) is 4.63. The van der Waals surface area contributed by atoms with E-state index in [-0.39, 0.29) is 23.1 Å². The second-order valence-corrected chi connectivity index (χ2v) is 9.24. The zero-order chi connectivity index (χ0) is 23.8. The minimum Gasteiger partial charge on any atom is -0.493 e. The van der Waals surface area contributed by atoms with Gasteiger partial charge in [0.2, 0.25) is 15.9 Å². The molecule has 0 fully saturated rings. The molecule has 0 bridgehead atoms. The molecule has 0 aliphatic carbocycles. The summed E-state index contributed by atoms with van der Waals surface area (Å²) in [6, 6.07) is 21.7. The number of sulfonamides is 1. The van der Waals surface area contributed by atoms with Gasteiger partial charge in [0.15, 0.2) is 11.5 Å². The van der Waals surface area contributed by atoms with Gasteiger partial charge in [-0.05, 0) is 36.6 Å². The van der Waals surface area contributed by atoms with Crippen molar-refractivity contribution in [2.75, 3.05) is 14.2 Å². The summed E-state index contributed by atoms with van der Waals surface area (Å²) in [6.45, 7) is 1.86. The van der Waals surface area contributed by atoms with Gasteiger partial charge in [-0.25, -0.2) is 8.42 Å². The highest BCUT2D eigenvalue weighted by atomic mass is 32.2. The second-order valence-electron chi connectivity index (χ2n) is 7.52. The number of ether oxygens (including phenoxy) is 2. The summed E-state index contributed by atoms with van der Waals surface area (Å²) < 4.78 is 39.3. The van der Waals surface area contributed by atoms with Crippen LogP contribution in [0.25, 0.3) is 0 Å². The maximum absolute atomic E-state index is 13.2. The second kappa shape index (κ2) is 11.0. The van der Waals surface area contributed by atoms with Crippen molar-refractivity contribution in [3.8, 4) is 11.5 Å². The summed E-state index contributed by atoms with van der Waals surface area (Å²) >= 11 is 0. The highest BCUT2D eigenvalue weighted by Crippen LogP contribution is 2.29. The molecule has 0 spiro atoms. The third-order valence-corrected chi connectivity index (χ3v) is 6.69. The van der Waals surface area contributed by atoms with E-state index in [1.165, 1.54) is 32.4 Å². The van der Waals surface area contributed by atoms with Crippen LogP contribution >= 0.6 is 0 Å². The summed E-state index contributed by atoms with van der Waals surface area (Å²) in [5.74, 6) is 0.271. The van der Waals surface area contributed by atoms with Gasteiger partial charge in [-0.1, -0.05) is 60.7 Å². The summed E-state index contributed by atoms with van der Waals surface area (Å²) in [4.78, 5) is 13.2. The third kappa shape index (κ3) is 6.34. The van der Waals surface area contributed by atoms with Crippen molar-refractivity contribution in [2.45, 2.75) is 30.3 Å². The quantitative estimate of drug-likeness (QED) is 0.475. The summed E-state index contributed by atoms with van der Waals surface area (Å²) in [7, 11) is -1.13. The lowest BCUT2D eigenvalue weighted by Gasteiger charge is -2.22. The first-order valence-electron chi connectivity index (χ1n) is 10.5. The van der Waals surface area contributed by atoms with Gasteiger partial charge in [0.25, 0.3) is 0 Å². The van der Waals surface area contributed by atoms with E-state index >= 15 is 0 Å². The van der Waals surface area contributed by atoms with Gasteiger partial charge >= 0.3 is 0 Å². The average molecular weight is 469 g/mol. The van der Waals surface area contributed by atoms with Crippen LogP contribution in [-0.4, -0.2) is 34.6 Å². The lowest BCUT2D eigenvalue weighted by molar-refractivity contribution is -0.123. The topological polar surface area (TPSA) is 93.7 Å². The Hall–Kier alpha value is -3.36. The molecule has 0 saturated carbocycles. The van der Waals surface area contributed by atoms with E-state index in [9.17, 15) is 13.2 Å². The highest BCUT2D eigenvalue weighted by Gasteiger charge is 2.28. The SMILES string of the molecule is COc1ccc(S(=O)(=O)N[C@H](Cc2ccccc2)C(=O)N[C@@H](C)c2ccccc2)cc1OC. The van der Waals surface area contributed by atoms with Crippen molar-refractivity contribution < 1.29 is 22.7 Å². The number of amides is 1. The molecule has 3 rings (SSSR count). The van der Waals surface area contributed by atoms with Gasteiger partial charge in [0, 0.05) is 6.07 Å². The number of rotatable bonds is 10. The van der Waals surface area contributed by atoms with E-state index in [1.54, 1.807) is 0 Å². The zero-order valence-electron chi connectivity index (χ0n) is 18.8. The van der Waals surface area contributed by atoms with Crippen molar-refractivity contribution in [2.24, 2.45) is 0 Å². The van der Waals surface area contributed by atoms with Crippen LogP contribution in [0.15, 0.2) is 83.8 Å². The van der Waals surface area contributed by atoms with Crippen LogP contribution in [0, 0.1) is 0 Å². The molecular formula is C25H28N2O5S. The number of nitrogens with one attached hydrogen (secondary N) is 2. The van der Waals surface area contributed by atoms with E-state index in [0.29, 0.717) is 5.75 Å². The van der Waals surface area contributed by atoms with Crippen LogP contribution in [0.1, 0.15) is 24.1 Å². The van der Waals surface area contributed by atoms with Gasteiger partial charge in [-0.3, -0.25) is 4.79 Å².